The number of hydrogen-bond donors (Lipinski definition) is 0. The van der Waals surface area contributed by atoms with Gasteiger partial charge in [-0.25, -0.2) is 12.7 Å². The molecule has 1 fully saturated rings. The molecule has 1 rings (SSSR count). The van der Waals surface area contributed by atoms with Crippen LogP contribution in [-0.4, -0.2) is 44.1 Å². The summed E-state index contributed by atoms with van der Waals surface area (Å²) in [6, 6.07) is 0. The highest BCUT2D eigenvalue weighted by molar-refractivity contribution is 7.89. The summed E-state index contributed by atoms with van der Waals surface area (Å²) in [7, 11) is -3.13. The predicted octanol–water partition coefficient (Wildman–Crippen LogP) is 1.39. The van der Waals surface area contributed by atoms with E-state index in [9.17, 15) is 13.2 Å². The number of carbonyl (C=O) groups is 1. The Morgan fingerprint density at radius 1 is 1.28 bits per heavy atom. The Morgan fingerprint density at radius 3 is 2.39 bits per heavy atom. The molecule has 106 valence electrons. The average molecular weight is 277 g/mol. The number of rotatable bonds is 6. The molecule has 0 aromatic carbocycles. The van der Waals surface area contributed by atoms with Gasteiger partial charge in [-0.15, -0.1) is 0 Å². The molecule has 0 atom stereocenters. The van der Waals surface area contributed by atoms with E-state index in [1.54, 1.807) is 6.92 Å². The summed E-state index contributed by atoms with van der Waals surface area (Å²) in [5, 5.41) is 0. The van der Waals surface area contributed by atoms with Gasteiger partial charge in [0, 0.05) is 13.1 Å². The van der Waals surface area contributed by atoms with Gasteiger partial charge < -0.3 is 4.74 Å². The van der Waals surface area contributed by atoms with Crippen molar-refractivity contribution >= 4 is 16.0 Å². The van der Waals surface area contributed by atoms with Crippen LogP contribution in [0.15, 0.2) is 0 Å². The molecule has 1 aliphatic rings. The molecule has 0 radical (unpaired) electrons. The van der Waals surface area contributed by atoms with Crippen molar-refractivity contribution in [3.05, 3.63) is 0 Å². The summed E-state index contributed by atoms with van der Waals surface area (Å²) in [6.07, 6.45) is 2.72. The SMILES string of the molecule is CCCCS(=O)(=O)N1CCC(C(=O)OCC)CC1. The second-order valence-electron chi connectivity index (χ2n) is 4.59. The Balaban J connectivity index is 2.46. The number of sulfonamides is 1. The molecule has 6 heteroatoms. The van der Waals surface area contributed by atoms with Crippen LogP contribution in [0.25, 0.3) is 0 Å². The van der Waals surface area contributed by atoms with E-state index in [-0.39, 0.29) is 17.6 Å². The molecule has 0 aliphatic carbocycles. The van der Waals surface area contributed by atoms with Crippen molar-refractivity contribution in [3.8, 4) is 0 Å². The van der Waals surface area contributed by atoms with Crippen molar-refractivity contribution in [1.82, 2.24) is 4.31 Å². The van der Waals surface area contributed by atoms with Gasteiger partial charge in [0.1, 0.15) is 0 Å². The summed E-state index contributed by atoms with van der Waals surface area (Å²) in [6.45, 7) is 5.02. The Labute approximate surface area is 110 Å². The molecule has 0 spiro atoms. The Morgan fingerprint density at radius 2 is 1.89 bits per heavy atom. The van der Waals surface area contributed by atoms with Crippen LogP contribution >= 0.6 is 0 Å². The Kier molecular flexibility index (Phi) is 6.08. The zero-order chi connectivity index (χ0) is 13.6. The molecular formula is C12H23NO4S. The normalized spacial score (nSPS) is 18.8. The van der Waals surface area contributed by atoms with Gasteiger partial charge in [-0.2, -0.15) is 0 Å². The maximum absolute atomic E-state index is 12.0. The van der Waals surface area contributed by atoms with Gasteiger partial charge in [-0.3, -0.25) is 4.79 Å². The maximum Gasteiger partial charge on any atom is 0.309 e. The van der Waals surface area contributed by atoms with E-state index in [1.165, 1.54) is 4.31 Å². The van der Waals surface area contributed by atoms with Crippen LogP contribution in [-0.2, 0) is 19.6 Å². The van der Waals surface area contributed by atoms with Crippen LogP contribution in [0.5, 0.6) is 0 Å². The topological polar surface area (TPSA) is 63.7 Å². The van der Waals surface area contributed by atoms with E-state index in [0.29, 0.717) is 39.0 Å². The first-order valence-corrected chi connectivity index (χ1v) is 8.26. The van der Waals surface area contributed by atoms with Crippen molar-refractivity contribution in [1.29, 1.82) is 0 Å². The van der Waals surface area contributed by atoms with Gasteiger partial charge >= 0.3 is 5.97 Å². The second-order valence-corrected chi connectivity index (χ2v) is 6.68. The molecule has 0 amide bonds. The van der Waals surface area contributed by atoms with Crippen molar-refractivity contribution < 1.29 is 17.9 Å². The minimum atomic E-state index is -3.13. The van der Waals surface area contributed by atoms with Gasteiger partial charge in [0.05, 0.1) is 18.3 Å². The zero-order valence-corrected chi connectivity index (χ0v) is 12.0. The average Bonchev–Trinajstić information content (AvgIpc) is 2.37. The first-order valence-electron chi connectivity index (χ1n) is 6.65. The number of nitrogens with zero attached hydrogens (tertiary/aromatic N) is 1. The van der Waals surface area contributed by atoms with E-state index in [0.717, 1.165) is 6.42 Å². The highest BCUT2D eigenvalue weighted by Gasteiger charge is 2.31. The van der Waals surface area contributed by atoms with Crippen molar-refractivity contribution in [2.24, 2.45) is 5.92 Å². The fraction of sp³-hybridized carbons (Fsp3) is 0.917. The van der Waals surface area contributed by atoms with Gasteiger partial charge in [0.15, 0.2) is 0 Å². The Hall–Kier alpha value is -0.620. The molecule has 0 unspecified atom stereocenters. The molecule has 0 aromatic heterocycles. The van der Waals surface area contributed by atoms with E-state index in [4.69, 9.17) is 4.74 Å². The quantitative estimate of drug-likeness (QED) is 0.688. The molecular weight excluding hydrogens is 254 g/mol. The number of esters is 1. The number of hydrogen-bond acceptors (Lipinski definition) is 4. The Bertz CT molecular complexity index is 358. The summed E-state index contributed by atoms with van der Waals surface area (Å²) in [5.74, 6) is -0.112. The molecule has 18 heavy (non-hydrogen) atoms. The summed E-state index contributed by atoms with van der Waals surface area (Å²) in [4.78, 5) is 11.5. The lowest BCUT2D eigenvalue weighted by Gasteiger charge is -2.30. The van der Waals surface area contributed by atoms with Gasteiger partial charge in [0.2, 0.25) is 10.0 Å². The standard InChI is InChI=1S/C12H23NO4S/c1-3-5-10-18(15,16)13-8-6-11(7-9-13)12(14)17-4-2/h11H,3-10H2,1-2H3. The van der Waals surface area contributed by atoms with Crippen molar-refractivity contribution in [2.45, 2.75) is 39.5 Å². The third kappa shape index (κ3) is 4.24. The van der Waals surface area contributed by atoms with Crippen LogP contribution in [0.3, 0.4) is 0 Å². The molecule has 1 heterocycles. The fourth-order valence-corrected chi connectivity index (χ4v) is 3.76. The van der Waals surface area contributed by atoms with Gasteiger partial charge in [-0.1, -0.05) is 13.3 Å². The minimum Gasteiger partial charge on any atom is -0.466 e. The summed E-state index contributed by atoms with van der Waals surface area (Å²) < 4.78 is 30.4. The fourth-order valence-electron chi connectivity index (χ4n) is 2.09. The third-order valence-electron chi connectivity index (χ3n) is 3.22. The van der Waals surface area contributed by atoms with Gasteiger partial charge in [0.25, 0.3) is 0 Å². The van der Waals surface area contributed by atoms with E-state index in [1.807, 2.05) is 6.92 Å². The lowest BCUT2D eigenvalue weighted by molar-refractivity contribution is -0.149. The van der Waals surface area contributed by atoms with Crippen molar-refractivity contribution in [3.63, 3.8) is 0 Å². The lowest BCUT2D eigenvalue weighted by atomic mass is 9.98. The summed E-state index contributed by atoms with van der Waals surface area (Å²) >= 11 is 0. The molecule has 0 bridgehead atoms. The largest absolute Gasteiger partial charge is 0.466 e. The van der Waals surface area contributed by atoms with E-state index in [2.05, 4.69) is 0 Å². The first kappa shape index (κ1) is 15.4. The van der Waals surface area contributed by atoms with Gasteiger partial charge in [-0.05, 0) is 26.2 Å². The first-order chi connectivity index (χ1) is 8.51. The van der Waals surface area contributed by atoms with Crippen LogP contribution in [0.1, 0.15) is 39.5 Å². The molecule has 1 aliphatic heterocycles. The van der Waals surface area contributed by atoms with Crippen molar-refractivity contribution in [2.75, 3.05) is 25.4 Å². The van der Waals surface area contributed by atoms with Crippen LogP contribution in [0.2, 0.25) is 0 Å². The highest BCUT2D eigenvalue weighted by atomic mass is 32.2. The highest BCUT2D eigenvalue weighted by Crippen LogP contribution is 2.21. The number of piperidine rings is 1. The number of ether oxygens (including phenoxy) is 1. The monoisotopic (exact) mass is 277 g/mol. The summed E-state index contributed by atoms with van der Waals surface area (Å²) in [5.41, 5.74) is 0. The lowest BCUT2D eigenvalue weighted by Crippen LogP contribution is -2.41. The minimum absolute atomic E-state index is 0.137. The maximum atomic E-state index is 12.0. The van der Waals surface area contributed by atoms with E-state index < -0.39 is 10.0 Å². The number of unbranched alkanes of at least 4 members (excludes halogenated alkanes) is 1. The number of carbonyl (C=O) groups excluding carboxylic acids is 1. The van der Waals surface area contributed by atoms with Crippen LogP contribution in [0.4, 0.5) is 0 Å². The third-order valence-corrected chi connectivity index (χ3v) is 5.18. The molecule has 1 saturated heterocycles. The molecule has 0 saturated carbocycles. The van der Waals surface area contributed by atoms with Crippen LogP contribution < -0.4 is 0 Å². The molecule has 5 nitrogen and oxygen atoms in total. The smallest absolute Gasteiger partial charge is 0.309 e. The van der Waals surface area contributed by atoms with E-state index >= 15 is 0 Å². The van der Waals surface area contributed by atoms with Crippen LogP contribution in [0, 0.1) is 5.92 Å². The zero-order valence-electron chi connectivity index (χ0n) is 11.2. The molecule has 0 N–H and O–H groups in total. The predicted molar refractivity (Wildman–Crippen MR) is 69.6 cm³/mol. The molecule has 0 aromatic rings. The second kappa shape index (κ2) is 7.09.